The smallest absolute Gasteiger partial charge is 0.338 e. The van der Waals surface area contributed by atoms with Crippen molar-refractivity contribution < 1.29 is 19.1 Å². The fourth-order valence-electron chi connectivity index (χ4n) is 4.47. The third kappa shape index (κ3) is 4.05. The summed E-state index contributed by atoms with van der Waals surface area (Å²) in [5.41, 5.74) is 4.82. The Morgan fingerprint density at radius 2 is 1.04 bits per heavy atom. The van der Waals surface area contributed by atoms with Gasteiger partial charge in [0.05, 0.1) is 11.1 Å². The molecule has 2 atom stereocenters. The molecule has 0 spiro atoms. The largest absolute Gasteiger partial charge is 0.454 e. The Bertz CT molecular complexity index is 544. The fourth-order valence-corrected chi connectivity index (χ4v) is 4.47. The Morgan fingerprint density at radius 3 is 1.31 bits per heavy atom. The third-order valence-corrected chi connectivity index (χ3v) is 5.86. The summed E-state index contributed by atoms with van der Waals surface area (Å²) in [5.74, 6) is -0.0919. The van der Waals surface area contributed by atoms with Gasteiger partial charge in [-0.25, -0.2) is 9.59 Å². The average molecular weight is 360 g/mol. The van der Waals surface area contributed by atoms with E-state index < -0.39 is 0 Å². The molecule has 0 N–H and O–H groups in total. The lowest BCUT2D eigenvalue weighted by molar-refractivity contribution is -0.157. The molecular weight excluding hydrogens is 328 g/mol. The van der Waals surface area contributed by atoms with Crippen LogP contribution in [0.15, 0.2) is 22.3 Å². The summed E-state index contributed by atoms with van der Waals surface area (Å²) in [5, 5.41) is 0. The van der Waals surface area contributed by atoms with E-state index in [9.17, 15) is 9.59 Å². The Morgan fingerprint density at radius 1 is 0.692 bits per heavy atom. The summed E-state index contributed by atoms with van der Waals surface area (Å²) in [7, 11) is 0. The van der Waals surface area contributed by atoms with Crippen LogP contribution in [-0.4, -0.2) is 24.1 Å². The minimum Gasteiger partial charge on any atom is -0.454 e. The molecule has 2 saturated carbocycles. The quantitative estimate of drug-likeness (QED) is 0.513. The number of ether oxygens (including phenoxy) is 2. The van der Waals surface area contributed by atoms with Gasteiger partial charge < -0.3 is 9.47 Å². The molecule has 4 nitrogen and oxygen atoms in total. The average Bonchev–Trinajstić information content (AvgIpc) is 3.29. The maximum atomic E-state index is 11.2. The third-order valence-electron chi connectivity index (χ3n) is 5.86. The topological polar surface area (TPSA) is 52.6 Å². The van der Waals surface area contributed by atoms with Gasteiger partial charge in [0.15, 0.2) is 0 Å². The van der Waals surface area contributed by atoms with E-state index in [1.54, 1.807) is 0 Å². The molecule has 0 amide bonds. The number of cyclic esters (lactones) is 2. The molecule has 26 heavy (non-hydrogen) atoms. The number of rotatable bonds is 4. The molecule has 144 valence electrons. The Balaban J connectivity index is 0.000000151. The summed E-state index contributed by atoms with van der Waals surface area (Å²) in [4.78, 5) is 22.4. The highest BCUT2D eigenvalue weighted by Crippen LogP contribution is 2.37. The van der Waals surface area contributed by atoms with Crippen LogP contribution in [0.2, 0.25) is 0 Å². The first-order chi connectivity index (χ1) is 12.7. The zero-order valence-corrected chi connectivity index (χ0v) is 16.3. The van der Waals surface area contributed by atoms with Gasteiger partial charge >= 0.3 is 11.9 Å². The highest BCUT2D eigenvalue weighted by atomic mass is 16.6. The Kier molecular flexibility index (Phi) is 6.55. The maximum Gasteiger partial charge on any atom is 0.338 e. The van der Waals surface area contributed by atoms with Gasteiger partial charge in [0.1, 0.15) is 12.2 Å². The summed E-state index contributed by atoms with van der Waals surface area (Å²) < 4.78 is 10.2. The van der Waals surface area contributed by atoms with Gasteiger partial charge in [-0.1, -0.05) is 37.8 Å². The molecule has 0 bridgehead atoms. The number of hydrogen-bond donors (Lipinski definition) is 0. The van der Waals surface area contributed by atoms with E-state index in [-0.39, 0.29) is 24.1 Å². The normalized spacial score (nSPS) is 27.5. The zero-order chi connectivity index (χ0) is 18.5. The van der Waals surface area contributed by atoms with Crippen LogP contribution in [0.1, 0.15) is 90.9 Å². The van der Waals surface area contributed by atoms with E-state index in [0.29, 0.717) is 0 Å². The number of carbonyl (C=O) groups is 2. The van der Waals surface area contributed by atoms with E-state index in [0.717, 1.165) is 62.5 Å². The molecule has 0 radical (unpaired) electrons. The van der Waals surface area contributed by atoms with Crippen molar-refractivity contribution in [3.63, 3.8) is 0 Å². The highest BCUT2D eigenvalue weighted by Gasteiger charge is 2.38. The molecule has 2 aliphatic heterocycles. The van der Waals surface area contributed by atoms with Crippen LogP contribution in [0.5, 0.6) is 0 Å². The van der Waals surface area contributed by atoms with E-state index >= 15 is 0 Å². The molecule has 2 unspecified atom stereocenters. The van der Waals surface area contributed by atoms with Crippen LogP contribution in [0, 0.1) is 0 Å². The second-order valence-electron chi connectivity index (χ2n) is 7.81. The molecule has 4 aliphatic rings. The van der Waals surface area contributed by atoms with Crippen molar-refractivity contribution in [1.82, 2.24) is 0 Å². The minimum absolute atomic E-state index is 0.0460. The van der Waals surface area contributed by atoms with Crippen LogP contribution in [-0.2, 0) is 19.1 Å². The first kappa shape index (κ1) is 19.2. The van der Waals surface area contributed by atoms with Crippen molar-refractivity contribution in [3.8, 4) is 0 Å². The van der Waals surface area contributed by atoms with Gasteiger partial charge in [0.2, 0.25) is 0 Å². The lowest BCUT2D eigenvalue weighted by Crippen LogP contribution is -2.37. The predicted molar refractivity (Wildman–Crippen MR) is 101 cm³/mol. The summed E-state index contributed by atoms with van der Waals surface area (Å²) in [6.07, 6.45) is 14.0. The molecule has 0 aromatic carbocycles. The molecular formula is C22H32O4. The van der Waals surface area contributed by atoms with Crippen molar-refractivity contribution in [3.05, 3.63) is 22.3 Å². The summed E-state index contributed by atoms with van der Waals surface area (Å²) >= 11 is 0. The fraction of sp³-hybridized carbons (Fsp3) is 0.727. The van der Waals surface area contributed by atoms with Crippen LogP contribution >= 0.6 is 0 Å². The minimum atomic E-state index is -0.0460. The van der Waals surface area contributed by atoms with Gasteiger partial charge in [-0.05, 0) is 64.2 Å². The van der Waals surface area contributed by atoms with Gasteiger partial charge in [0.25, 0.3) is 0 Å². The Labute approximate surface area is 157 Å². The maximum absolute atomic E-state index is 11.2. The van der Waals surface area contributed by atoms with E-state index in [4.69, 9.17) is 9.47 Å². The van der Waals surface area contributed by atoms with Crippen molar-refractivity contribution in [2.75, 3.05) is 0 Å². The first-order valence-electron chi connectivity index (χ1n) is 10.5. The van der Waals surface area contributed by atoms with Gasteiger partial charge in [-0.2, -0.15) is 0 Å². The SMILES string of the molecule is CCCC1OC(=O)C1=C1CCCC1.CCCC1OC(=O)C1=C1CCCC1. The molecule has 4 rings (SSSR count). The summed E-state index contributed by atoms with van der Waals surface area (Å²) in [6, 6.07) is 0. The molecule has 4 heteroatoms. The Hall–Kier alpha value is -1.58. The van der Waals surface area contributed by atoms with E-state index in [1.807, 2.05) is 0 Å². The number of allylic oxidation sites excluding steroid dienone is 2. The molecule has 2 heterocycles. The monoisotopic (exact) mass is 360 g/mol. The van der Waals surface area contributed by atoms with E-state index in [1.165, 1.54) is 36.8 Å². The molecule has 0 aromatic rings. The van der Waals surface area contributed by atoms with Crippen LogP contribution in [0.25, 0.3) is 0 Å². The van der Waals surface area contributed by atoms with Crippen LogP contribution in [0.4, 0.5) is 0 Å². The standard InChI is InChI=1S/2C11H16O2/c2*1-2-5-9-10(11(12)13-9)8-6-3-4-7-8/h2*9H,2-7H2,1H3. The van der Waals surface area contributed by atoms with E-state index in [2.05, 4.69) is 13.8 Å². The lowest BCUT2D eigenvalue weighted by Gasteiger charge is -2.30. The molecule has 2 saturated heterocycles. The van der Waals surface area contributed by atoms with Crippen LogP contribution < -0.4 is 0 Å². The highest BCUT2D eigenvalue weighted by molar-refractivity contribution is 5.96. The molecule has 0 aromatic heterocycles. The van der Waals surface area contributed by atoms with Crippen molar-refractivity contribution >= 4 is 11.9 Å². The van der Waals surface area contributed by atoms with Gasteiger partial charge in [-0.3, -0.25) is 0 Å². The predicted octanol–water partition coefficient (Wildman–Crippen LogP) is 5.17. The molecule has 4 fully saturated rings. The zero-order valence-electron chi connectivity index (χ0n) is 16.3. The molecule has 2 aliphatic carbocycles. The lowest BCUT2D eigenvalue weighted by atomic mass is 9.94. The van der Waals surface area contributed by atoms with Crippen molar-refractivity contribution in [2.45, 2.75) is 103 Å². The number of esters is 2. The first-order valence-corrected chi connectivity index (χ1v) is 10.5. The second kappa shape index (κ2) is 8.88. The van der Waals surface area contributed by atoms with Gasteiger partial charge in [-0.15, -0.1) is 0 Å². The van der Waals surface area contributed by atoms with Gasteiger partial charge in [0, 0.05) is 0 Å². The van der Waals surface area contributed by atoms with Crippen molar-refractivity contribution in [1.29, 1.82) is 0 Å². The summed E-state index contributed by atoms with van der Waals surface area (Å²) in [6.45, 7) is 4.26. The number of hydrogen-bond acceptors (Lipinski definition) is 4. The number of carbonyl (C=O) groups excluding carboxylic acids is 2. The van der Waals surface area contributed by atoms with Crippen molar-refractivity contribution in [2.24, 2.45) is 0 Å². The van der Waals surface area contributed by atoms with Crippen LogP contribution in [0.3, 0.4) is 0 Å². The second-order valence-corrected chi connectivity index (χ2v) is 7.81.